The van der Waals surface area contributed by atoms with E-state index in [1.807, 2.05) is 0 Å². The molecule has 0 radical (unpaired) electrons. The van der Waals surface area contributed by atoms with Crippen LogP contribution in [0, 0.1) is 0 Å². The number of ether oxygens (including phenoxy) is 4. The highest BCUT2D eigenvalue weighted by Crippen LogP contribution is 2.39. The molecule has 1 N–H and O–H groups in total. The Morgan fingerprint density at radius 1 is 1.39 bits per heavy atom. The molecule has 6 nitrogen and oxygen atoms in total. The molecule has 2 heterocycles. The van der Waals surface area contributed by atoms with E-state index in [-0.39, 0.29) is 18.8 Å². The lowest BCUT2D eigenvalue weighted by atomic mass is 10.2. The summed E-state index contributed by atoms with van der Waals surface area (Å²) in [7, 11) is 0. The van der Waals surface area contributed by atoms with E-state index in [0.717, 1.165) is 25.9 Å². The van der Waals surface area contributed by atoms with Gasteiger partial charge in [-0.05, 0) is 31.4 Å². The van der Waals surface area contributed by atoms with Gasteiger partial charge in [-0.1, -0.05) is 11.6 Å². The number of hydrogen-bond acceptors (Lipinski definition) is 5. The van der Waals surface area contributed by atoms with Gasteiger partial charge in [0.05, 0.1) is 17.7 Å². The van der Waals surface area contributed by atoms with Crippen LogP contribution in [0.2, 0.25) is 5.02 Å². The van der Waals surface area contributed by atoms with E-state index in [4.69, 9.17) is 30.5 Å². The molecule has 1 atom stereocenters. The van der Waals surface area contributed by atoms with Gasteiger partial charge in [-0.15, -0.1) is 0 Å². The van der Waals surface area contributed by atoms with Crippen LogP contribution >= 0.6 is 11.6 Å². The van der Waals surface area contributed by atoms with Gasteiger partial charge in [0.15, 0.2) is 11.5 Å². The predicted octanol–water partition coefficient (Wildman–Crippen LogP) is 2.38. The van der Waals surface area contributed by atoms with Crippen LogP contribution < -0.4 is 14.8 Å². The van der Waals surface area contributed by atoms with E-state index in [0.29, 0.717) is 41.8 Å². The minimum Gasteiger partial charge on any atom is -0.454 e. The molecule has 0 unspecified atom stereocenters. The van der Waals surface area contributed by atoms with Crippen molar-refractivity contribution in [3.8, 4) is 11.5 Å². The number of nitrogens with one attached hydrogen (secondary N) is 1. The van der Waals surface area contributed by atoms with Gasteiger partial charge < -0.3 is 24.3 Å². The van der Waals surface area contributed by atoms with Crippen molar-refractivity contribution in [3.63, 3.8) is 0 Å². The van der Waals surface area contributed by atoms with E-state index >= 15 is 0 Å². The summed E-state index contributed by atoms with van der Waals surface area (Å²) >= 11 is 6.07. The Morgan fingerprint density at radius 3 is 3.13 bits per heavy atom. The minimum atomic E-state index is -0.190. The first-order valence-electron chi connectivity index (χ1n) is 7.81. The van der Waals surface area contributed by atoms with E-state index < -0.39 is 0 Å². The zero-order chi connectivity index (χ0) is 16.1. The van der Waals surface area contributed by atoms with Crippen molar-refractivity contribution in [1.82, 2.24) is 5.32 Å². The van der Waals surface area contributed by atoms with E-state index in [9.17, 15) is 4.79 Å². The van der Waals surface area contributed by atoms with Gasteiger partial charge in [0.2, 0.25) is 6.79 Å². The Labute approximate surface area is 140 Å². The lowest BCUT2D eigenvalue weighted by molar-refractivity contribution is 0.0166. The number of benzene rings is 1. The molecule has 1 fully saturated rings. The Balaban J connectivity index is 1.37. The maximum atomic E-state index is 12.1. The van der Waals surface area contributed by atoms with Crippen LogP contribution in [-0.2, 0) is 9.47 Å². The van der Waals surface area contributed by atoms with Crippen molar-refractivity contribution in [1.29, 1.82) is 0 Å². The number of rotatable bonds is 7. The smallest absolute Gasteiger partial charge is 0.251 e. The molecule has 2 aliphatic rings. The second-order valence-corrected chi connectivity index (χ2v) is 5.92. The molecule has 3 rings (SSSR count). The molecule has 126 valence electrons. The van der Waals surface area contributed by atoms with Crippen molar-refractivity contribution in [2.75, 3.05) is 33.2 Å². The van der Waals surface area contributed by atoms with Crippen LogP contribution in [0.25, 0.3) is 0 Å². The molecule has 0 aliphatic carbocycles. The van der Waals surface area contributed by atoms with Crippen molar-refractivity contribution in [2.24, 2.45) is 0 Å². The molecule has 0 aromatic heterocycles. The summed E-state index contributed by atoms with van der Waals surface area (Å²) in [6.45, 7) is 2.73. The fourth-order valence-corrected chi connectivity index (χ4v) is 2.83. The first-order valence-corrected chi connectivity index (χ1v) is 8.18. The van der Waals surface area contributed by atoms with Gasteiger partial charge in [0, 0.05) is 25.3 Å². The Morgan fingerprint density at radius 2 is 2.30 bits per heavy atom. The van der Waals surface area contributed by atoms with Gasteiger partial charge >= 0.3 is 0 Å². The van der Waals surface area contributed by atoms with E-state index in [2.05, 4.69) is 5.32 Å². The Bertz CT molecular complexity index is 560. The second kappa shape index (κ2) is 7.86. The average Bonchev–Trinajstić information content (AvgIpc) is 3.21. The molecule has 1 aromatic rings. The number of amides is 1. The molecule has 0 saturated carbocycles. The average molecular weight is 342 g/mol. The van der Waals surface area contributed by atoms with Crippen LogP contribution in [0.1, 0.15) is 29.6 Å². The summed E-state index contributed by atoms with van der Waals surface area (Å²) in [6.07, 6.45) is 3.17. The number of carbonyl (C=O) groups is 1. The molecule has 0 spiro atoms. The monoisotopic (exact) mass is 341 g/mol. The Hall–Kier alpha value is -1.50. The fraction of sp³-hybridized carbons (Fsp3) is 0.562. The minimum absolute atomic E-state index is 0.127. The summed E-state index contributed by atoms with van der Waals surface area (Å²) < 4.78 is 21.5. The number of halogens is 1. The maximum Gasteiger partial charge on any atom is 0.251 e. The third-order valence-corrected chi connectivity index (χ3v) is 4.05. The summed E-state index contributed by atoms with van der Waals surface area (Å²) in [6, 6.07) is 3.22. The molecule has 0 bridgehead atoms. The van der Waals surface area contributed by atoms with Crippen LogP contribution in [0.5, 0.6) is 11.5 Å². The largest absolute Gasteiger partial charge is 0.454 e. The third kappa shape index (κ3) is 4.28. The number of fused-ring (bicyclic) bond motifs is 1. The van der Waals surface area contributed by atoms with E-state index in [1.54, 1.807) is 12.1 Å². The lowest BCUT2D eigenvalue weighted by Crippen LogP contribution is -2.25. The van der Waals surface area contributed by atoms with Gasteiger partial charge in [-0.3, -0.25) is 4.79 Å². The summed E-state index contributed by atoms with van der Waals surface area (Å²) in [5, 5.41) is 3.22. The van der Waals surface area contributed by atoms with Crippen molar-refractivity contribution >= 4 is 17.5 Å². The Kier molecular flexibility index (Phi) is 5.59. The highest BCUT2D eigenvalue weighted by molar-refractivity contribution is 6.32. The molecular formula is C16H20ClNO5. The van der Waals surface area contributed by atoms with Gasteiger partial charge in [0.1, 0.15) is 0 Å². The first-order chi connectivity index (χ1) is 11.2. The zero-order valence-corrected chi connectivity index (χ0v) is 13.6. The number of carbonyl (C=O) groups excluding carboxylic acids is 1. The zero-order valence-electron chi connectivity index (χ0n) is 12.8. The topological polar surface area (TPSA) is 66.0 Å². The highest BCUT2D eigenvalue weighted by atomic mass is 35.5. The lowest BCUT2D eigenvalue weighted by Gasteiger charge is -2.10. The molecule has 2 aliphatic heterocycles. The quantitative estimate of drug-likeness (QED) is 0.771. The van der Waals surface area contributed by atoms with Crippen molar-refractivity contribution in [2.45, 2.75) is 25.4 Å². The molecule has 1 amide bonds. The van der Waals surface area contributed by atoms with Gasteiger partial charge in [-0.25, -0.2) is 0 Å². The number of hydrogen-bond donors (Lipinski definition) is 1. The van der Waals surface area contributed by atoms with Crippen LogP contribution in [0.3, 0.4) is 0 Å². The van der Waals surface area contributed by atoms with Crippen LogP contribution in [0.15, 0.2) is 12.1 Å². The highest BCUT2D eigenvalue weighted by Gasteiger charge is 2.20. The normalized spacial score (nSPS) is 19.1. The fourth-order valence-electron chi connectivity index (χ4n) is 2.57. The molecule has 23 heavy (non-hydrogen) atoms. The maximum absolute atomic E-state index is 12.1. The first kappa shape index (κ1) is 16.4. The van der Waals surface area contributed by atoms with Crippen molar-refractivity contribution in [3.05, 3.63) is 22.7 Å². The predicted molar refractivity (Wildman–Crippen MR) is 84.3 cm³/mol. The third-order valence-electron chi connectivity index (χ3n) is 3.77. The molecule has 1 saturated heterocycles. The van der Waals surface area contributed by atoms with Crippen LogP contribution in [-0.4, -0.2) is 45.2 Å². The molecule has 7 heteroatoms. The van der Waals surface area contributed by atoms with Gasteiger partial charge in [-0.2, -0.15) is 0 Å². The molecular weight excluding hydrogens is 322 g/mol. The van der Waals surface area contributed by atoms with Gasteiger partial charge in [0.25, 0.3) is 5.91 Å². The molecule has 1 aromatic carbocycles. The van der Waals surface area contributed by atoms with Crippen LogP contribution in [0.4, 0.5) is 0 Å². The SMILES string of the molecule is O=C(NCCCOC[C@H]1CCCO1)c1cc(Cl)c2c(c1)OCO2. The summed E-state index contributed by atoms with van der Waals surface area (Å²) in [4.78, 5) is 12.1. The van der Waals surface area contributed by atoms with Crippen molar-refractivity contribution < 1.29 is 23.7 Å². The second-order valence-electron chi connectivity index (χ2n) is 5.51. The van der Waals surface area contributed by atoms with E-state index in [1.165, 1.54) is 0 Å². The summed E-state index contributed by atoms with van der Waals surface area (Å²) in [5.41, 5.74) is 0.458. The standard InChI is InChI=1S/C16H20ClNO5/c17-13-7-11(8-14-15(13)23-10-22-14)16(19)18-4-2-5-20-9-12-3-1-6-21-12/h7-8,12H,1-6,9-10H2,(H,18,19)/t12-/m1/s1. The summed E-state index contributed by atoms with van der Waals surface area (Å²) in [5.74, 6) is 0.803.